The van der Waals surface area contributed by atoms with Crippen molar-refractivity contribution in [3.8, 4) is 22.6 Å². The average molecular weight is 384 g/mol. The lowest BCUT2D eigenvalue weighted by atomic mass is 10.1. The summed E-state index contributed by atoms with van der Waals surface area (Å²) in [6, 6.07) is 10.1. The van der Waals surface area contributed by atoms with Gasteiger partial charge < -0.3 is 9.84 Å². The number of alkyl halides is 7. The van der Waals surface area contributed by atoms with Crippen LogP contribution in [-0.4, -0.2) is 30.1 Å². The summed E-state index contributed by atoms with van der Waals surface area (Å²) >= 11 is 0. The molecule has 0 spiro atoms. The molecular formula is C16H11F7O3. The van der Waals surface area contributed by atoms with Gasteiger partial charge in [0, 0.05) is 0 Å². The first-order valence-corrected chi connectivity index (χ1v) is 6.94. The second-order valence-corrected chi connectivity index (χ2v) is 5.08. The Labute approximate surface area is 142 Å². The molecule has 0 saturated carbocycles. The Morgan fingerprint density at radius 3 is 1.65 bits per heavy atom. The van der Waals surface area contributed by atoms with E-state index in [2.05, 4.69) is 9.47 Å². The van der Waals surface area contributed by atoms with Crippen LogP contribution in [0.25, 0.3) is 11.1 Å². The van der Waals surface area contributed by atoms with E-state index in [4.69, 9.17) is 0 Å². The minimum atomic E-state index is -5.78. The number of benzene rings is 2. The van der Waals surface area contributed by atoms with Gasteiger partial charge >= 0.3 is 18.3 Å². The van der Waals surface area contributed by atoms with Crippen molar-refractivity contribution >= 4 is 0 Å². The third kappa shape index (κ3) is 4.57. The average Bonchev–Trinajstić information content (AvgIpc) is 2.55. The fraction of sp³-hybridized carbons (Fsp3) is 0.250. The molecule has 0 bridgehead atoms. The van der Waals surface area contributed by atoms with E-state index in [0.717, 1.165) is 12.1 Å². The van der Waals surface area contributed by atoms with Gasteiger partial charge in [-0.3, -0.25) is 0 Å². The zero-order valence-electron chi connectivity index (χ0n) is 12.7. The minimum Gasteiger partial charge on any atom is -0.508 e. The molecule has 0 unspecified atom stereocenters. The van der Waals surface area contributed by atoms with Crippen LogP contribution in [0, 0.1) is 0 Å². The molecule has 1 N–H and O–H groups in total. The van der Waals surface area contributed by atoms with Gasteiger partial charge in [0.15, 0.2) is 6.67 Å². The minimum absolute atomic E-state index is 0.000609. The number of phenols is 1. The molecule has 0 saturated heterocycles. The Morgan fingerprint density at radius 2 is 1.19 bits per heavy atom. The molecule has 2 aromatic rings. The highest BCUT2D eigenvalue weighted by molar-refractivity contribution is 5.64. The molecule has 0 aliphatic carbocycles. The molecule has 0 amide bonds. The normalized spacial score (nSPS) is 12.9. The van der Waals surface area contributed by atoms with Gasteiger partial charge in [-0.05, 0) is 35.4 Å². The van der Waals surface area contributed by atoms with Gasteiger partial charge in [0.2, 0.25) is 0 Å². The monoisotopic (exact) mass is 384 g/mol. The van der Waals surface area contributed by atoms with Crippen molar-refractivity contribution < 1.29 is 45.3 Å². The van der Waals surface area contributed by atoms with Crippen LogP contribution in [0.1, 0.15) is 0 Å². The number of hydrogen-bond acceptors (Lipinski definition) is 3. The molecule has 0 aliphatic heterocycles. The molecule has 10 heteroatoms. The summed E-state index contributed by atoms with van der Waals surface area (Å²) in [6.07, 6.45) is -16.4. The maximum atomic E-state index is 13.4. The summed E-state index contributed by atoms with van der Waals surface area (Å²) in [7, 11) is 0. The fourth-order valence-electron chi connectivity index (χ4n) is 1.85. The predicted molar refractivity (Wildman–Crippen MR) is 76.1 cm³/mol. The first kappa shape index (κ1) is 19.8. The number of aromatic hydroxyl groups is 1. The van der Waals surface area contributed by atoms with Gasteiger partial charge in [-0.2, -0.15) is 26.3 Å². The molecule has 0 fully saturated rings. The summed E-state index contributed by atoms with van der Waals surface area (Å²) in [4.78, 5) is 0. The molecule has 0 aliphatic rings. The van der Waals surface area contributed by atoms with Crippen molar-refractivity contribution in [2.75, 3.05) is 6.67 Å². The van der Waals surface area contributed by atoms with E-state index in [1.807, 2.05) is 0 Å². The summed E-state index contributed by atoms with van der Waals surface area (Å²) in [5.74, 6) is -0.759. The lowest BCUT2D eigenvalue weighted by Gasteiger charge is -2.28. The number of hydrogen-bond donors (Lipinski definition) is 1. The van der Waals surface area contributed by atoms with E-state index < -0.39 is 30.7 Å². The summed E-state index contributed by atoms with van der Waals surface area (Å²) in [6.45, 7) is -2.71. The van der Waals surface area contributed by atoms with Crippen LogP contribution in [-0.2, 0) is 4.74 Å². The molecule has 0 atom stereocenters. The van der Waals surface area contributed by atoms with Crippen LogP contribution >= 0.6 is 0 Å². The lowest BCUT2D eigenvalue weighted by molar-refractivity contribution is -0.466. The second-order valence-electron chi connectivity index (χ2n) is 5.08. The van der Waals surface area contributed by atoms with Crippen LogP contribution in [0.3, 0.4) is 0 Å². The first-order valence-electron chi connectivity index (χ1n) is 6.94. The van der Waals surface area contributed by atoms with Crippen molar-refractivity contribution in [1.82, 2.24) is 0 Å². The third-order valence-electron chi connectivity index (χ3n) is 3.07. The maximum absolute atomic E-state index is 13.4. The zero-order chi connectivity index (χ0) is 19.6. The van der Waals surface area contributed by atoms with E-state index in [-0.39, 0.29) is 5.75 Å². The Balaban J connectivity index is 2.15. The van der Waals surface area contributed by atoms with Crippen LogP contribution in [0.15, 0.2) is 48.5 Å². The van der Waals surface area contributed by atoms with E-state index in [0.29, 0.717) is 11.1 Å². The fourth-order valence-corrected chi connectivity index (χ4v) is 1.85. The molecule has 2 aromatic carbocycles. The highest BCUT2D eigenvalue weighted by Crippen LogP contribution is 2.41. The van der Waals surface area contributed by atoms with E-state index in [1.165, 1.54) is 36.4 Å². The van der Waals surface area contributed by atoms with Gasteiger partial charge in [-0.1, -0.05) is 24.3 Å². The predicted octanol–water partition coefficient (Wildman–Crippen LogP) is 5.20. The third-order valence-corrected chi connectivity index (χ3v) is 3.07. The zero-order valence-corrected chi connectivity index (χ0v) is 12.7. The Morgan fingerprint density at radius 1 is 0.731 bits per heavy atom. The molecular weight excluding hydrogens is 373 g/mol. The Kier molecular flexibility index (Phi) is 5.36. The number of phenolic OH excluding ortho intramolecular Hbond substituents is 1. The Bertz CT molecular complexity index is 731. The van der Waals surface area contributed by atoms with Crippen LogP contribution in [0.5, 0.6) is 11.5 Å². The first-order chi connectivity index (χ1) is 12.0. The van der Waals surface area contributed by atoms with Crippen molar-refractivity contribution in [2.24, 2.45) is 0 Å². The highest BCUT2D eigenvalue weighted by Gasteiger charge is 2.65. The number of halogens is 7. The molecule has 26 heavy (non-hydrogen) atoms. The lowest BCUT2D eigenvalue weighted by Crippen LogP contribution is -2.51. The van der Waals surface area contributed by atoms with Gasteiger partial charge in [-0.25, -0.2) is 9.13 Å². The molecule has 0 aromatic heterocycles. The van der Waals surface area contributed by atoms with Gasteiger partial charge in [0.25, 0.3) is 0 Å². The van der Waals surface area contributed by atoms with E-state index >= 15 is 0 Å². The summed E-state index contributed by atoms with van der Waals surface area (Å²) in [5.41, 5.74) is 1.06. The molecule has 3 nitrogen and oxygen atoms in total. The van der Waals surface area contributed by atoms with Crippen molar-refractivity contribution in [3.05, 3.63) is 48.5 Å². The van der Waals surface area contributed by atoms with E-state index in [9.17, 15) is 35.8 Å². The summed E-state index contributed by atoms with van der Waals surface area (Å²) < 4.78 is 96.4. The molecule has 0 radical (unpaired) electrons. The topological polar surface area (TPSA) is 38.7 Å². The van der Waals surface area contributed by atoms with Crippen LogP contribution < -0.4 is 4.74 Å². The smallest absolute Gasteiger partial charge is 0.494 e. The maximum Gasteiger partial charge on any atom is 0.494 e. The molecule has 2 rings (SSSR count). The van der Waals surface area contributed by atoms with Gasteiger partial charge in [0.1, 0.15) is 11.5 Å². The standard InChI is InChI=1S/C16H11F7O3/c17-9-14(18,19)26-16(22,23)15(20,21)25-13-7-3-11(4-8-13)10-1-5-12(24)6-2-10/h1-8,24H,9H2. The number of rotatable bonds is 7. The van der Waals surface area contributed by atoms with Crippen molar-refractivity contribution in [2.45, 2.75) is 18.3 Å². The SMILES string of the molecule is Oc1ccc(-c2ccc(OC(F)(F)C(F)(F)OC(F)(F)CF)cc2)cc1. The summed E-state index contributed by atoms with van der Waals surface area (Å²) in [5, 5.41) is 9.19. The van der Waals surface area contributed by atoms with Gasteiger partial charge in [0.05, 0.1) is 0 Å². The highest BCUT2D eigenvalue weighted by atomic mass is 19.3. The van der Waals surface area contributed by atoms with Gasteiger partial charge in [-0.15, -0.1) is 0 Å². The van der Waals surface area contributed by atoms with Crippen molar-refractivity contribution in [3.63, 3.8) is 0 Å². The van der Waals surface area contributed by atoms with Crippen LogP contribution in [0.4, 0.5) is 30.7 Å². The molecule has 0 heterocycles. The van der Waals surface area contributed by atoms with Crippen molar-refractivity contribution in [1.29, 1.82) is 0 Å². The Hall–Kier alpha value is -2.49. The van der Waals surface area contributed by atoms with E-state index in [1.54, 1.807) is 0 Å². The number of ether oxygens (including phenoxy) is 2. The largest absolute Gasteiger partial charge is 0.508 e. The second kappa shape index (κ2) is 7.02. The van der Waals surface area contributed by atoms with Crippen LogP contribution in [0.2, 0.25) is 0 Å². The molecule has 142 valence electrons. The quantitative estimate of drug-likeness (QED) is 0.667.